The fraction of sp³-hybridized carbons (Fsp3) is 0.211. The van der Waals surface area contributed by atoms with E-state index < -0.39 is 0 Å². The zero-order valence-electron chi connectivity index (χ0n) is 13.0. The van der Waals surface area contributed by atoms with Crippen molar-refractivity contribution in [1.29, 1.82) is 0 Å². The summed E-state index contributed by atoms with van der Waals surface area (Å²) in [5.74, 6) is 0.493. The monoisotopic (exact) mass is 311 g/mol. The van der Waals surface area contributed by atoms with Crippen LogP contribution < -0.4 is 9.64 Å². The molecule has 2 aromatic carbocycles. The van der Waals surface area contributed by atoms with Gasteiger partial charge in [-0.25, -0.2) is 4.39 Å². The first-order valence-electron chi connectivity index (χ1n) is 7.53. The average Bonchev–Trinajstić information content (AvgIpc) is 3.41. The fourth-order valence-electron chi connectivity index (χ4n) is 2.47. The third-order valence-electron chi connectivity index (χ3n) is 3.96. The summed E-state index contributed by atoms with van der Waals surface area (Å²) in [4.78, 5) is 14.5. The molecule has 0 N–H and O–H groups in total. The molecule has 3 rings (SSSR count). The van der Waals surface area contributed by atoms with E-state index in [1.54, 1.807) is 24.1 Å². The van der Waals surface area contributed by atoms with E-state index in [2.05, 4.69) is 6.58 Å². The highest BCUT2D eigenvalue weighted by atomic mass is 19.1. The first-order chi connectivity index (χ1) is 11.1. The summed E-state index contributed by atoms with van der Waals surface area (Å²) in [6.07, 6.45) is 2.09. The van der Waals surface area contributed by atoms with Gasteiger partial charge in [0.2, 0.25) is 0 Å². The number of carbonyl (C=O) groups excluding carboxylic acids is 1. The summed E-state index contributed by atoms with van der Waals surface area (Å²) in [6, 6.07) is 12.8. The number of methoxy groups -OCH3 is 1. The van der Waals surface area contributed by atoms with Crippen LogP contribution in [0.5, 0.6) is 5.75 Å². The highest BCUT2D eigenvalue weighted by molar-refractivity contribution is 6.08. The maximum absolute atomic E-state index is 13.1. The van der Waals surface area contributed by atoms with Gasteiger partial charge in [0, 0.05) is 16.9 Å². The van der Waals surface area contributed by atoms with Crippen LogP contribution in [0.2, 0.25) is 0 Å². The molecule has 0 atom stereocenters. The SMILES string of the molecule is C=C(C1CC1)N(C(=O)c1ccc(F)cc1)c1ccc(OC)cc1. The Morgan fingerprint density at radius 2 is 1.74 bits per heavy atom. The van der Waals surface area contributed by atoms with Gasteiger partial charge in [-0.15, -0.1) is 0 Å². The summed E-state index contributed by atoms with van der Waals surface area (Å²) in [6.45, 7) is 4.10. The second-order valence-corrected chi connectivity index (χ2v) is 5.61. The van der Waals surface area contributed by atoms with E-state index in [4.69, 9.17) is 4.74 Å². The lowest BCUT2D eigenvalue weighted by Crippen LogP contribution is -2.30. The van der Waals surface area contributed by atoms with Crippen molar-refractivity contribution in [2.24, 2.45) is 5.92 Å². The van der Waals surface area contributed by atoms with Crippen LogP contribution in [0.15, 0.2) is 60.8 Å². The predicted octanol–water partition coefficient (Wildman–Crippen LogP) is 4.40. The molecule has 0 heterocycles. The van der Waals surface area contributed by atoms with Crippen molar-refractivity contribution < 1.29 is 13.9 Å². The van der Waals surface area contributed by atoms with Crippen LogP contribution in [-0.4, -0.2) is 13.0 Å². The molecule has 0 aliphatic heterocycles. The topological polar surface area (TPSA) is 29.5 Å². The first-order valence-corrected chi connectivity index (χ1v) is 7.53. The normalized spacial score (nSPS) is 13.5. The maximum Gasteiger partial charge on any atom is 0.262 e. The lowest BCUT2D eigenvalue weighted by Gasteiger charge is -2.25. The van der Waals surface area contributed by atoms with Gasteiger partial charge in [0.05, 0.1) is 7.11 Å². The average molecular weight is 311 g/mol. The lowest BCUT2D eigenvalue weighted by atomic mass is 10.1. The molecule has 0 unspecified atom stereocenters. The quantitative estimate of drug-likeness (QED) is 0.819. The van der Waals surface area contributed by atoms with Crippen LogP contribution in [0.25, 0.3) is 0 Å². The van der Waals surface area contributed by atoms with Gasteiger partial charge in [0.15, 0.2) is 0 Å². The first kappa shape index (κ1) is 15.3. The molecular formula is C19H18FNO2. The Morgan fingerprint density at radius 3 is 2.26 bits per heavy atom. The zero-order chi connectivity index (χ0) is 16.4. The van der Waals surface area contributed by atoms with Crippen LogP contribution in [-0.2, 0) is 0 Å². The van der Waals surface area contributed by atoms with Gasteiger partial charge >= 0.3 is 0 Å². The van der Waals surface area contributed by atoms with Crippen molar-refractivity contribution >= 4 is 11.6 Å². The second-order valence-electron chi connectivity index (χ2n) is 5.61. The number of anilines is 1. The lowest BCUT2D eigenvalue weighted by molar-refractivity contribution is 0.0993. The zero-order valence-corrected chi connectivity index (χ0v) is 13.0. The van der Waals surface area contributed by atoms with Crippen molar-refractivity contribution in [3.63, 3.8) is 0 Å². The van der Waals surface area contributed by atoms with E-state index in [1.807, 2.05) is 12.1 Å². The molecule has 2 aromatic rings. The number of hydrogen-bond donors (Lipinski definition) is 0. The molecule has 0 saturated heterocycles. The molecule has 1 aliphatic carbocycles. The minimum absolute atomic E-state index is 0.202. The van der Waals surface area contributed by atoms with Gasteiger partial charge in [-0.2, -0.15) is 0 Å². The molecule has 3 nitrogen and oxygen atoms in total. The number of benzene rings is 2. The van der Waals surface area contributed by atoms with Gasteiger partial charge in [-0.1, -0.05) is 6.58 Å². The Morgan fingerprint density at radius 1 is 1.13 bits per heavy atom. The van der Waals surface area contributed by atoms with Crippen LogP contribution in [0, 0.1) is 11.7 Å². The van der Waals surface area contributed by atoms with Crippen molar-refractivity contribution in [2.75, 3.05) is 12.0 Å². The van der Waals surface area contributed by atoms with Crippen LogP contribution >= 0.6 is 0 Å². The Labute approximate surface area is 135 Å². The summed E-state index contributed by atoms with van der Waals surface area (Å²) in [5.41, 5.74) is 1.95. The highest BCUT2D eigenvalue weighted by Crippen LogP contribution is 2.39. The number of halogens is 1. The molecule has 118 valence electrons. The van der Waals surface area contributed by atoms with E-state index in [0.717, 1.165) is 30.0 Å². The molecule has 1 aliphatic rings. The van der Waals surface area contributed by atoms with Crippen molar-refractivity contribution in [2.45, 2.75) is 12.8 Å². The molecule has 4 heteroatoms. The van der Waals surface area contributed by atoms with Gasteiger partial charge in [0.25, 0.3) is 5.91 Å². The molecule has 23 heavy (non-hydrogen) atoms. The smallest absolute Gasteiger partial charge is 0.262 e. The number of nitrogens with zero attached hydrogens (tertiary/aromatic N) is 1. The number of ether oxygens (including phenoxy) is 1. The number of hydrogen-bond acceptors (Lipinski definition) is 2. The molecule has 1 saturated carbocycles. The largest absolute Gasteiger partial charge is 0.497 e. The maximum atomic E-state index is 13.1. The molecule has 0 radical (unpaired) electrons. The van der Waals surface area contributed by atoms with Crippen molar-refractivity contribution in [3.8, 4) is 5.75 Å². The Bertz CT molecular complexity index is 718. The van der Waals surface area contributed by atoms with E-state index in [1.165, 1.54) is 24.3 Å². The summed E-state index contributed by atoms with van der Waals surface area (Å²) in [7, 11) is 1.60. The molecule has 1 fully saturated rings. The Hall–Kier alpha value is -2.62. The molecule has 0 aromatic heterocycles. The molecule has 0 spiro atoms. The van der Waals surface area contributed by atoms with E-state index in [-0.39, 0.29) is 11.7 Å². The van der Waals surface area contributed by atoms with Crippen LogP contribution in [0.3, 0.4) is 0 Å². The van der Waals surface area contributed by atoms with Gasteiger partial charge in [-0.05, 0) is 67.3 Å². The fourth-order valence-corrected chi connectivity index (χ4v) is 2.47. The summed E-state index contributed by atoms with van der Waals surface area (Å²) >= 11 is 0. The summed E-state index contributed by atoms with van der Waals surface area (Å²) in [5, 5.41) is 0. The molecule has 1 amide bonds. The Kier molecular flexibility index (Phi) is 4.15. The van der Waals surface area contributed by atoms with Crippen molar-refractivity contribution in [1.82, 2.24) is 0 Å². The van der Waals surface area contributed by atoms with Crippen molar-refractivity contribution in [3.05, 3.63) is 72.2 Å². The number of amides is 1. The number of allylic oxidation sites excluding steroid dienone is 1. The third-order valence-corrected chi connectivity index (χ3v) is 3.96. The van der Waals surface area contributed by atoms with Gasteiger partial charge in [-0.3, -0.25) is 9.69 Å². The highest BCUT2D eigenvalue weighted by Gasteiger charge is 2.32. The van der Waals surface area contributed by atoms with E-state index >= 15 is 0 Å². The minimum Gasteiger partial charge on any atom is -0.497 e. The van der Waals surface area contributed by atoms with E-state index in [9.17, 15) is 9.18 Å². The molecule has 0 bridgehead atoms. The minimum atomic E-state index is -0.362. The summed E-state index contributed by atoms with van der Waals surface area (Å²) < 4.78 is 18.3. The second kappa shape index (κ2) is 6.24. The predicted molar refractivity (Wildman–Crippen MR) is 88.1 cm³/mol. The van der Waals surface area contributed by atoms with E-state index in [0.29, 0.717) is 11.5 Å². The van der Waals surface area contributed by atoms with Crippen LogP contribution in [0.1, 0.15) is 23.2 Å². The van der Waals surface area contributed by atoms with Crippen LogP contribution in [0.4, 0.5) is 10.1 Å². The Balaban J connectivity index is 1.95. The standard InChI is InChI=1S/C19H18FNO2/c1-13(14-3-4-14)21(17-9-11-18(23-2)12-10-17)19(22)15-5-7-16(20)8-6-15/h5-12,14H,1,3-4H2,2H3. The van der Waals surface area contributed by atoms with Gasteiger partial charge < -0.3 is 4.74 Å². The van der Waals surface area contributed by atoms with Gasteiger partial charge in [0.1, 0.15) is 11.6 Å². The molecular weight excluding hydrogens is 293 g/mol. The number of rotatable bonds is 5. The third kappa shape index (κ3) is 3.26. The number of carbonyl (C=O) groups is 1.